The summed E-state index contributed by atoms with van der Waals surface area (Å²) in [5, 5.41) is 9.79. The number of hydrogen-bond acceptors (Lipinski definition) is 8. The Morgan fingerprint density at radius 1 is 0.649 bits per heavy atom. The second-order valence-electron chi connectivity index (χ2n) is 8.71. The van der Waals surface area contributed by atoms with Crippen molar-refractivity contribution in [3.05, 3.63) is 59.7 Å². The molecule has 0 saturated heterocycles. The number of nitrogens with one attached hydrogen (secondary N) is 3. The second kappa shape index (κ2) is 12.9. The van der Waals surface area contributed by atoms with Crippen LogP contribution in [0.15, 0.2) is 48.5 Å². The minimum Gasteiger partial charge on any atom is -0.497 e. The Hall–Kier alpha value is -3.94. The molecule has 198 valence electrons. The number of rotatable bonds is 3. The fourth-order valence-corrected chi connectivity index (χ4v) is 4.01. The van der Waals surface area contributed by atoms with Crippen molar-refractivity contribution < 1.29 is 23.7 Å². The highest BCUT2D eigenvalue weighted by atomic mass is 16.5. The number of ether oxygens (including phenoxy) is 5. The Labute approximate surface area is 219 Å². The maximum Gasteiger partial charge on any atom is 0.146 e. The monoisotopic (exact) mass is 507 g/mol. The van der Waals surface area contributed by atoms with E-state index in [9.17, 15) is 0 Å². The molecule has 3 aromatic rings. The molecule has 0 atom stereocenters. The molecule has 0 aromatic heterocycles. The molecule has 0 radical (unpaired) electrons. The van der Waals surface area contributed by atoms with Crippen LogP contribution in [0.5, 0.6) is 28.7 Å². The van der Waals surface area contributed by atoms with E-state index in [1.54, 1.807) is 7.11 Å². The fourth-order valence-electron chi connectivity index (χ4n) is 4.01. The second-order valence-corrected chi connectivity index (χ2v) is 8.71. The molecular formula is C29H37N3O5. The van der Waals surface area contributed by atoms with Gasteiger partial charge >= 0.3 is 0 Å². The molecule has 8 nitrogen and oxygen atoms in total. The summed E-state index contributed by atoms with van der Waals surface area (Å²) in [5.74, 6) is 4.50. The van der Waals surface area contributed by atoms with Gasteiger partial charge in [0.1, 0.15) is 48.6 Å². The van der Waals surface area contributed by atoms with Gasteiger partial charge in [0.2, 0.25) is 0 Å². The molecule has 0 saturated carbocycles. The molecule has 6 rings (SSSR count). The van der Waals surface area contributed by atoms with E-state index in [4.69, 9.17) is 23.7 Å². The third-order valence-corrected chi connectivity index (χ3v) is 6.07. The lowest BCUT2D eigenvalue weighted by Crippen LogP contribution is -2.18. The highest BCUT2D eigenvalue weighted by Crippen LogP contribution is 2.32. The summed E-state index contributed by atoms with van der Waals surface area (Å²) in [5.41, 5.74) is 5.80. The van der Waals surface area contributed by atoms with E-state index in [1.165, 1.54) is 11.1 Å². The van der Waals surface area contributed by atoms with Crippen molar-refractivity contribution in [1.29, 1.82) is 0 Å². The third kappa shape index (κ3) is 7.06. The molecule has 0 amide bonds. The fraction of sp³-hybridized carbons (Fsp3) is 0.379. The van der Waals surface area contributed by atoms with Gasteiger partial charge in [-0.25, -0.2) is 0 Å². The largest absolute Gasteiger partial charge is 0.497 e. The molecule has 3 aromatic carbocycles. The van der Waals surface area contributed by atoms with Crippen LogP contribution in [0.1, 0.15) is 18.1 Å². The third-order valence-electron chi connectivity index (χ3n) is 6.07. The molecule has 0 aliphatic carbocycles. The lowest BCUT2D eigenvalue weighted by Gasteiger charge is -2.20. The Morgan fingerprint density at radius 2 is 1.22 bits per heavy atom. The molecule has 0 bridgehead atoms. The number of fused-ring (bicyclic) bond motifs is 3. The van der Waals surface area contributed by atoms with Gasteiger partial charge in [0.15, 0.2) is 0 Å². The minimum absolute atomic E-state index is 0.687. The normalized spacial score (nSPS) is 14.2. The minimum atomic E-state index is 0.687. The maximum absolute atomic E-state index is 5.50. The van der Waals surface area contributed by atoms with Crippen molar-refractivity contribution in [2.24, 2.45) is 0 Å². The molecule has 3 heterocycles. The van der Waals surface area contributed by atoms with Crippen molar-refractivity contribution in [3.8, 4) is 28.7 Å². The van der Waals surface area contributed by atoms with Crippen LogP contribution in [0.2, 0.25) is 0 Å². The van der Waals surface area contributed by atoms with Gasteiger partial charge < -0.3 is 39.6 Å². The first-order chi connectivity index (χ1) is 18.1. The molecule has 0 spiro atoms. The van der Waals surface area contributed by atoms with E-state index in [1.807, 2.05) is 43.3 Å². The molecule has 3 aliphatic heterocycles. The van der Waals surface area contributed by atoms with Crippen LogP contribution >= 0.6 is 0 Å². The Kier molecular flexibility index (Phi) is 9.08. The van der Waals surface area contributed by atoms with Gasteiger partial charge in [0, 0.05) is 31.8 Å². The summed E-state index contributed by atoms with van der Waals surface area (Å²) in [6.45, 7) is 11.8. The van der Waals surface area contributed by atoms with E-state index < -0.39 is 0 Å². The van der Waals surface area contributed by atoms with E-state index in [2.05, 4.69) is 41.9 Å². The summed E-state index contributed by atoms with van der Waals surface area (Å²) in [4.78, 5) is 0. The van der Waals surface area contributed by atoms with Gasteiger partial charge in [0.25, 0.3) is 0 Å². The van der Waals surface area contributed by atoms with E-state index in [-0.39, 0.29) is 0 Å². The van der Waals surface area contributed by atoms with Gasteiger partial charge in [-0.05, 0) is 68.3 Å². The van der Waals surface area contributed by atoms with E-state index >= 15 is 0 Å². The highest BCUT2D eigenvalue weighted by Gasteiger charge is 2.11. The van der Waals surface area contributed by atoms with Gasteiger partial charge in [-0.1, -0.05) is 0 Å². The van der Waals surface area contributed by atoms with Crippen LogP contribution in [0.25, 0.3) is 0 Å². The standard InChI is InChI=1S/C10H13NO2.C10H13NO.C9H11NO2/c1-2-12-8-3-4-9-10(7-8)13-6-5-11-9;1-7-5-9-10(6-8(7)2)12-4-3-11-9;1-11-7-2-3-9-8(6-7)10-4-5-12-9/h3-4,7,11H,2,5-6H2,1H3;5-6,11H,3-4H2,1-2H3;2-3,6,10H,4-5H2,1H3. The SMILES string of the molecule is CCOc1ccc2c(c1)OCCN2.COc1ccc2c(c1)NCCO2.Cc1cc2c(cc1C)OCCN2. The first-order valence-electron chi connectivity index (χ1n) is 12.7. The quantitative estimate of drug-likeness (QED) is 0.429. The molecular weight excluding hydrogens is 470 g/mol. The van der Waals surface area contributed by atoms with Crippen molar-refractivity contribution in [1.82, 2.24) is 0 Å². The van der Waals surface area contributed by atoms with Crippen LogP contribution in [0.4, 0.5) is 17.1 Å². The topological polar surface area (TPSA) is 82.2 Å². The van der Waals surface area contributed by atoms with Crippen LogP contribution in [-0.4, -0.2) is 53.2 Å². The lowest BCUT2D eigenvalue weighted by atomic mass is 10.1. The zero-order valence-electron chi connectivity index (χ0n) is 22.1. The molecule has 0 unspecified atom stereocenters. The van der Waals surface area contributed by atoms with Gasteiger partial charge in [0.05, 0.1) is 30.8 Å². The summed E-state index contributed by atoms with van der Waals surface area (Å²) < 4.78 is 26.8. The first-order valence-corrected chi connectivity index (χ1v) is 12.7. The number of hydrogen-bond donors (Lipinski definition) is 3. The average molecular weight is 508 g/mol. The van der Waals surface area contributed by atoms with Gasteiger partial charge in [-0.15, -0.1) is 0 Å². The van der Waals surface area contributed by atoms with Crippen molar-refractivity contribution in [3.63, 3.8) is 0 Å². The number of anilines is 3. The Bertz CT molecular complexity index is 1150. The Balaban J connectivity index is 0.000000130. The van der Waals surface area contributed by atoms with Crippen molar-refractivity contribution in [2.75, 3.05) is 69.1 Å². The summed E-state index contributed by atoms with van der Waals surface area (Å²) >= 11 is 0. The maximum atomic E-state index is 5.50. The molecule has 3 N–H and O–H groups in total. The van der Waals surface area contributed by atoms with E-state index in [0.29, 0.717) is 6.61 Å². The van der Waals surface area contributed by atoms with Crippen LogP contribution in [-0.2, 0) is 0 Å². The predicted octanol–water partition coefficient (Wildman–Crippen LogP) is 5.50. The predicted molar refractivity (Wildman–Crippen MR) is 148 cm³/mol. The van der Waals surface area contributed by atoms with Crippen molar-refractivity contribution >= 4 is 17.1 Å². The summed E-state index contributed by atoms with van der Waals surface area (Å²) in [7, 11) is 1.66. The lowest BCUT2D eigenvalue weighted by molar-refractivity contribution is 0.312. The molecule has 3 aliphatic rings. The Morgan fingerprint density at radius 3 is 1.89 bits per heavy atom. The highest BCUT2D eigenvalue weighted by molar-refractivity contribution is 5.62. The zero-order chi connectivity index (χ0) is 26.0. The van der Waals surface area contributed by atoms with Crippen molar-refractivity contribution in [2.45, 2.75) is 20.8 Å². The smallest absolute Gasteiger partial charge is 0.146 e. The van der Waals surface area contributed by atoms with E-state index in [0.717, 1.165) is 85.3 Å². The summed E-state index contributed by atoms with van der Waals surface area (Å²) in [6, 6.07) is 15.8. The van der Waals surface area contributed by atoms with Gasteiger partial charge in [-0.2, -0.15) is 0 Å². The first kappa shape index (κ1) is 26.1. The number of aryl methyl sites for hydroxylation is 2. The molecule has 8 heteroatoms. The average Bonchev–Trinajstić information content (AvgIpc) is 2.94. The zero-order valence-corrected chi connectivity index (χ0v) is 22.1. The summed E-state index contributed by atoms with van der Waals surface area (Å²) in [6.07, 6.45) is 0. The van der Waals surface area contributed by atoms with Crippen LogP contribution < -0.4 is 39.6 Å². The molecule has 0 fully saturated rings. The van der Waals surface area contributed by atoms with Crippen LogP contribution in [0.3, 0.4) is 0 Å². The number of benzene rings is 3. The van der Waals surface area contributed by atoms with Crippen LogP contribution in [0, 0.1) is 13.8 Å². The number of methoxy groups -OCH3 is 1. The molecule has 37 heavy (non-hydrogen) atoms. The van der Waals surface area contributed by atoms with Gasteiger partial charge in [-0.3, -0.25) is 0 Å².